The van der Waals surface area contributed by atoms with Gasteiger partial charge < -0.3 is 29.4 Å². The van der Waals surface area contributed by atoms with E-state index in [1.807, 2.05) is 0 Å². The van der Waals surface area contributed by atoms with E-state index in [9.17, 15) is 19.2 Å². The molecule has 0 amide bonds. The number of esters is 2. The van der Waals surface area contributed by atoms with Gasteiger partial charge in [-0.3, -0.25) is 19.0 Å². The zero-order valence-electron chi connectivity index (χ0n) is 17.8. The van der Waals surface area contributed by atoms with Crippen LogP contribution in [0.1, 0.15) is 33.9 Å². The predicted molar refractivity (Wildman–Crippen MR) is 109 cm³/mol. The fourth-order valence-electron chi connectivity index (χ4n) is 2.68. The molecule has 14 heteroatoms. The highest BCUT2D eigenvalue weighted by atomic mass is 32.1. The monoisotopic (exact) mass is 472 g/mol. The molecule has 1 aromatic heterocycles. The Hall–Kier alpha value is -3.26. The quantitative estimate of drug-likeness (QED) is 0.455. The van der Waals surface area contributed by atoms with Crippen molar-refractivity contribution in [3.05, 3.63) is 27.6 Å². The highest BCUT2D eigenvalue weighted by Crippen LogP contribution is 2.33. The van der Waals surface area contributed by atoms with Gasteiger partial charge in [-0.2, -0.15) is 0 Å². The van der Waals surface area contributed by atoms with E-state index in [4.69, 9.17) is 29.4 Å². The van der Waals surface area contributed by atoms with Crippen molar-refractivity contribution in [1.82, 2.24) is 14.5 Å². The number of nitrogen functional groups attached to an aromatic ring is 1. The Morgan fingerprint density at radius 1 is 1.19 bits per heavy atom. The molecule has 0 aromatic carbocycles. The summed E-state index contributed by atoms with van der Waals surface area (Å²) in [5.41, 5.74) is 5.63. The van der Waals surface area contributed by atoms with Gasteiger partial charge >= 0.3 is 23.0 Å². The molecule has 2 heterocycles. The third-order valence-electron chi connectivity index (χ3n) is 3.84. The second-order valence-corrected chi connectivity index (χ2v) is 7.61. The summed E-state index contributed by atoms with van der Waals surface area (Å²) in [5, 5.41) is 1.37. The lowest BCUT2D eigenvalue weighted by Gasteiger charge is -2.24. The van der Waals surface area contributed by atoms with Gasteiger partial charge in [-0.05, 0) is 13.8 Å². The highest BCUT2D eigenvalue weighted by molar-refractivity contribution is 7.06. The van der Waals surface area contributed by atoms with Crippen LogP contribution < -0.4 is 10.6 Å². The Morgan fingerprint density at radius 3 is 2.53 bits per heavy atom. The fraction of sp³-hybridized carbons (Fsp3) is 0.556. The van der Waals surface area contributed by atoms with E-state index in [0.717, 1.165) is 29.2 Å². The van der Waals surface area contributed by atoms with Crippen molar-refractivity contribution in [2.75, 3.05) is 12.3 Å². The first-order valence-electron chi connectivity index (χ1n) is 9.43. The van der Waals surface area contributed by atoms with Gasteiger partial charge in [0.1, 0.15) is 19.0 Å². The molecule has 1 fully saturated rings. The molecule has 2 N–H and O–H groups in total. The van der Waals surface area contributed by atoms with Gasteiger partial charge in [0.25, 0.3) is 0 Å². The number of carbonyl (C=O) groups is 3. The number of aromatic nitrogens is 3. The van der Waals surface area contributed by atoms with Crippen molar-refractivity contribution in [2.24, 2.45) is 0 Å². The van der Waals surface area contributed by atoms with Gasteiger partial charge in [0.05, 0.1) is 6.10 Å². The average molecular weight is 472 g/mol. The first-order valence-corrected chi connectivity index (χ1v) is 10.3. The molecular formula is C18H24N4O9S. The Morgan fingerprint density at radius 2 is 1.91 bits per heavy atom. The first kappa shape index (κ1) is 25.0. The smallest absolute Gasteiger partial charge is 0.463 e. The number of nitrogens with two attached hydrogens (primary N) is 1. The highest BCUT2D eigenvalue weighted by Gasteiger charge is 2.51. The Labute approximate surface area is 186 Å². The van der Waals surface area contributed by atoms with Gasteiger partial charge in [0.2, 0.25) is 5.95 Å². The molecule has 13 nitrogen and oxygen atoms in total. The van der Waals surface area contributed by atoms with Crippen molar-refractivity contribution in [2.45, 2.75) is 58.3 Å². The summed E-state index contributed by atoms with van der Waals surface area (Å²) in [5.74, 6) is -1.49. The lowest BCUT2D eigenvalue weighted by Crippen LogP contribution is -2.42. The normalized spacial score (nSPS) is 22.0. The SMILES string of the molecule is CC(=O)OC[C@H]1O[C@@H](n2cnc(N)nccsc2=O)[C@H](OC(C)=O)[C@H]1OC(=O)OC(C)C. The number of ether oxygens (including phenoxy) is 5. The molecule has 32 heavy (non-hydrogen) atoms. The van der Waals surface area contributed by atoms with Crippen LogP contribution in [0, 0.1) is 0 Å². The molecule has 176 valence electrons. The third-order valence-corrected chi connectivity index (χ3v) is 4.51. The molecule has 1 aromatic rings. The van der Waals surface area contributed by atoms with Crippen LogP contribution in [0.4, 0.5) is 10.7 Å². The number of rotatable bonds is 6. The molecule has 0 bridgehead atoms. The fourth-order valence-corrected chi connectivity index (χ4v) is 3.20. The molecule has 1 aliphatic rings. The van der Waals surface area contributed by atoms with Crippen molar-refractivity contribution in [3.63, 3.8) is 0 Å². The summed E-state index contributed by atoms with van der Waals surface area (Å²) in [6.07, 6.45) is -4.15. The second kappa shape index (κ2) is 11.4. The minimum absolute atomic E-state index is 0.145. The van der Waals surface area contributed by atoms with E-state index in [-0.39, 0.29) is 12.6 Å². The average Bonchev–Trinajstić information content (AvgIpc) is 3.02. The molecule has 0 aliphatic carbocycles. The van der Waals surface area contributed by atoms with Crippen LogP contribution in [-0.2, 0) is 33.3 Å². The predicted octanol–water partition coefficient (Wildman–Crippen LogP) is 0.729. The van der Waals surface area contributed by atoms with Crippen LogP contribution in [0.25, 0.3) is 0 Å². The van der Waals surface area contributed by atoms with E-state index >= 15 is 0 Å². The van der Waals surface area contributed by atoms with Crippen LogP contribution in [0.3, 0.4) is 0 Å². The van der Waals surface area contributed by atoms with E-state index < -0.39 is 53.6 Å². The lowest BCUT2D eigenvalue weighted by atomic mass is 10.1. The lowest BCUT2D eigenvalue weighted by molar-refractivity contribution is -0.157. The minimum Gasteiger partial charge on any atom is -0.463 e. The number of carbonyl (C=O) groups excluding carboxylic acids is 3. The maximum atomic E-state index is 12.7. The van der Waals surface area contributed by atoms with Crippen molar-refractivity contribution < 1.29 is 38.1 Å². The standard InChI is InChI=1S/C18H24N4O9S/c1-9(2)28-18(26)31-13-12(7-27-10(3)23)30-15(14(13)29-11(4)24)22-8-21-16(19)20-5-6-32-17(22)25/h5-6,8-9,12-15H,7H2,1-4H3,(H2,19,20)/t12-,13+,14-,15-/m1/s1. The van der Waals surface area contributed by atoms with Gasteiger partial charge in [0.15, 0.2) is 18.4 Å². The molecule has 0 saturated carbocycles. The molecule has 1 aliphatic heterocycles. The van der Waals surface area contributed by atoms with Crippen LogP contribution in [0.5, 0.6) is 0 Å². The Bertz CT molecular complexity index is 946. The number of anilines is 1. The molecule has 0 radical (unpaired) electrons. The molecular weight excluding hydrogens is 448 g/mol. The molecule has 0 unspecified atom stereocenters. The van der Waals surface area contributed by atoms with Crippen molar-refractivity contribution in [1.29, 1.82) is 0 Å². The maximum Gasteiger partial charge on any atom is 0.509 e. The summed E-state index contributed by atoms with van der Waals surface area (Å²) in [7, 11) is 0. The van der Waals surface area contributed by atoms with E-state index in [1.54, 1.807) is 13.8 Å². The Balaban J connectivity index is 2.52. The summed E-state index contributed by atoms with van der Waals surface area (Å²) in [4.78, 5) is 55.1. The summed E-state index contributed by atoms with van der Waals surface area (Å²) in [6.45, 7) is 5.20. The van der Waals surface area contributed by atoms with Gasteiger partial charge in [-0.15, -0.1) is 0 Å². The molecule has 1 saturated heterocycles. The molecule has 0 spiro atoms. The van der Waals surface area contributed by atoms with Crippen molar-refractivity contribution >= 4 is 35.4 Å². The minimum atomic E-state index is -1.30. The zero-order chi connectivity index (χ0) is 23.8. The maximum absolute atomic E-state index is 12.7. The van der Waals surface area contributed by atoms with Crippen LogP contribution in [0.2, 0.25) is 0 Å². The van der Waals surface area contributed by atoms with Gasteiger partial charge in [-0.25, -0.2) is 14.8 Å². The third kappa shape index (κ3) is 7.16. The number of hydrogen-bond acceptors (Lipinski definition) is 13. The second-order valence-electron chi connectivity index (χ2n) is 6.75. The van der Waals surface area contributed by atoms with E-state index in [2.05, 4.69) is 9.97 Å². The summed E-state index contributed by atoms with van der Waals surface area (Å²) in [6, 6.07) is 0. The van der Waals surface area contributed by atoms with Gasteiger partial charge in [0, 0.05) is 25.4 Å². The van der Waals surface area contributed by atoms with E-state index in [1.165, 1.54) is 18.5 Å². The molecule has 2 rings (SSSR count). The van der Waals surface area contributed by atoms with E-state index in [0.29, 0.717) is 0 Å². The summed E-state index contributed by atoms with van der Waals surface area (Å²) < 4.78 is 27.5. The van der Waals surface area contributed by atoms with Gasteiger partial charge in [-0.1, -0.05) is 11.3 Å². The zero-order valence-corrected chi connectivity index (χ0v) is 18.6. The summed E-state index contributed by atoms with van der Waals surface area (Å²) >= 11 is 0.741. The number of nitrogens with zero attached hydrogens (tertiary/aromatic N) is 3. The van der Waals surface area contributed by atoms with Crippen LogP contribution >= 0.6 is 11.3 Å². The number of hydrogen-bond donors (Lipinski definition) is 1. The Kier molecular flexibility index (Phi) is 8.90. The largest absolute Gasteiger partial charge is 0.509 e. The van der Waals surface area contributed by atoms with Crippen LogP contribution in [0.15, 0.2) is 22.7 Å². The topological polar surface area (TPSA) is 171 Å². The molecule has 4 atom stereocenters. The van der Waals surface area contributed by atoms with Crippen molar-refractivity contribution in [3.8, 4) is 0 Å². The first-order chi connectivity index (χ1) is 15.1. The van der Waals surface area contributed by atoms with Crippen LogP contribution in [-0.4, -0.2) is 63.7 Å².